The van der Waals surface area contributed by atoms with Gasteiger partial charge < -0.3 is 4.74 Å². The topological polar surface area (TPSA) is 26.3 Å². The van der Waals surface area contributed by atoms with Crippen LogP contribution in [0, 0.1) is 0 Å². The minimum atomic E-state index is 0.0251. The zero-order valence-electron chi connectivity index (χ0n) is 8.76. The van der Waals surface area contributed by atoms with Crippen molar-refractivity contribution in [2.45, 2.75) is 6.61 Å². The van der Waals surface area contributed by atoms with Crippen molar-refractivity contribution < 1.29 is 9.53 Å². The third kappa shape index (κ3) is 3.02. The highest BCUT2D eigenvalue weighted by Gasteiger charge is 2.04. The van der Waals surface area contributed by atoms with Crippen LogP contribution in [0.15, 0.2) is 47.8 Å². The van der Waals surface area contributed by atoms with Crippen molar-refractivity contribution in [3.63, 3.8) is 0 Å². The summed E-state index contributed by atoms with van der Waals surface area (Å²) >= 11 is 1.63. The Morgan fingerprint density at radius 3 is 2.62 bits per heavy atom. The van der Waals surface area contributed by atoms with Gasteiger partial charge in [-0.05, 0) is 11.4 Å². The first kappa shape index (κ1) is 11.0. The Kier molecular flexibility index (Phi) is 3.86. The molecule has 1 aromatic heterocycles. The summed E-state index contributed by atoms with van der Waals surface area (Å²) in [5.41, 5.74) is 0.702. The van der Waals surface area contributed by atoms with Crippen molar-refractivity contribution in [2.24, 2.45) is 0 Å². The first-order valence-corrected chi connectivity index (χ1v) is 5.92. The van der Waals surface area contributed by atoms with E-state index in [0.29, 0.717) is 12.2 Å². The summed E-state index contributed by atoms with van der Waals surface area (Å²) in [4.78, 5) is 12.8. The Balaban J connectivity index is 1.81. The second-order valence-corrected chi connectivity index (χ2v) is 4.39. The summed E-state index contributed by atoms with van der Waals surface area (Å²) < 4.78 is 5.36. The van der Waals surface area contributed by atoms with Gasteiger partial charge in [-0.1, -0.05) is 36.4 Å². The fraction of sp³-hybridized carbons (Fsp3) is 0.154. The van der Waals surface area contributed by atoms with Gasteiger partial charge in [0.2, 0.25) is 0 Å². The number of carbonyl (C=O) groups excluding carboxylic acids is 1. The van der Waals surface area contributed by atoms with Crippen molar-refractivity contribution >= 4 is 17.1 Å². The van der Waals surface area contributed by atoms with Gasteiger partial charge in [-0.2, -0.15) is 0 Å². The van der Waals surface area contributed by atoms with Gasteiger partial charge in [-0.25, -0.2) is 0 Å². The van der Waals surface area contributed by atoms with Crippen molar-refractivity contribution in [1.29, 1.82) is 0 Å². The van der Waals surface area contributed by atoms with Crippen molar-refractivity contribution in [1.82, 2.24) is 0 Å². The second-order valence-electron chi connectivity index (χ2n) is 3.36. The Labute approximate surface area is 98.5 Å². The standard InChI is InChI=1S/C13H12O2S/c14-13(11-5-2-1-3-6-11)10-15-9-12-7-4-8-16-12/h1-8H,9-10H2. The molecule has 16 heavy (non-hydrogen) atoms. The van der Waals surface area contributed by atoms with Gasteiger partial charge in [0, 0.05) is 10.4 Å². The molecule has 0 N–H and O–H groups in total. The molecule has 2 aromatic rings. The van der Waals surface area contributed by atoms with Crippen LogP contribution in [0.1, 0.15) is 15.2 Å². The van der Waals surface area contributed by atoms with Crippen LogP contribution < -0.4 is 0 Å². The molecule has 0 saturated carbocycles. The van der Waals surface area contributed by atoms with E-state index in [4.69, 9.17) is 4.74 Å². The number of thiophene rings is 1. The van der Waals surface area contributed by atoms with E-state index < -0.39 is 0 Å². The van der Waals surface area contributed by atoms with E-state index in [2.05, 4.69) is 0 Å². The SMILES string of the molecule is O=C(COCc1cccs1)c1ccccc1. The fourth-order valence-electron chi connectivity index (χ4n) is 1.35. The number of hydrogen-bond donors (Lipinski definition) is 0. The minimum Gasteiger partial charge on any atom is -0.368 e. The van der Waals surface area contributed by atoms with E-state index in [0.717, 1.165) is 4.88 Å². The van der Waals surface area contributed by atoms with Gasteiger partial charge in [0.25, 0.3) is 0 Å². The van der Waals surface area contributed by atoms with Crippen LogP contribution >= 0.6 is 11.3 Å². The molecule has 0 bridgehead atoms. The van der Waals surface area contributed by atoms with Crippen molar-refractivity contribution in [2.75, 3.05) is 6.61 Å². The normalized spacial score (nSPS) is 10.2. The molecule has 2 rings (SSSR count). The second kappa shape index (κ2) is 5.58. The molecule has 82 valence electrons. The largest absolute Gasteiger partial charge is 0.368 e. The van der Waals surface area contributed by atoms with E-state index >= 15 is 0 Å². The lowest BCUT2D eigenvalue weighted by molar-refractivity contribution is 0.0731. The smallest absolute Gasteiger partial charge is 0.188 e. The summed E-state index contributed by atoms with van der Waals surface area (Å²) in [6.45, 7) is 0.651. The molecule has 0 aliphatic carbocycles. The maximum atomic E-state index is 11.7. The van der Waals surface area contributed by atoms with Crippen molar-refractivity contribution in [3.8, 4) is 0 Å². The molecule has 0 atom stereocenters. The number of carbonyl (C=O) groups is 1. The molecule has 0 aliphatic rings. The first-order chi connectivity index (χ1) is 7.86. The molecule has 1 aromatic carbocycles. The average molecular weight is 232 g/mol. The van der Waals surface area contributed by atoms with Gasteiger partial charge in [0.05, 0.1) is 6.61 Å². The maximum absolute atomic E-state index is 11.7. The highest BCUT2D eigenvalue weighted by atomic mass is 32.1. The monoisotopic (exact) mass is 232 g/mol. The van der Waals surface area contributed by atoms with Crippen molar-refractivity contribution in [3.05, 3.63) is 58.3 Å². The van der Waals surface area contributed by atoms with Gasteiger partial charge >= 0.3 is 0 Å². The van der Waals surface area contributed by atoms with E-state index in [1.807, 2.05) is 35.7 Å². The highest BCUT2D eigenvalue weighted by molar-refractivity contribution is 7.09. The zero-order chi connectivity index (χ0) is 11.2. The first-order valence-electron chi connectivity index (χ1n) is 5.04. The Morgan fingerprint density at radius 1 is 1.12 bits per heavy atom. The number of benzene rings is 1. The summed E-state index contributed by atoms with van der Waals surface area (Å²) in [5.74, 6) is 0.0251. The third-order valence-corrected chi connectivity index (χ3v) is 3.00. The van der Waals surface area contributed by atoms with Crippen LogP contribution in [0.3, 0.4) is 0 Å². The molecular weight excluding hydrogens is 220 g/mol. The molecule has 0 spiro atoms. The summed E-state index contributed by atoms with van der Waals surface area (Å²) in [5, 5.41) is 2.00. The molecule has 3 heteroatoms. The Morgan fingerprint density at radius 2 is 1.94 bits per heavy atom. The number of Topliss-reactive ketones (excluding diaryl/α,β-unsaturated/α-hetero) is 1. The number of hydrogen-bond acceptors (Lipinski definition) is 3. The fourth-order valence-corrected chi connectivity index (χ4v) is 1.99. The molecule has 0 saturated heterocycles. The third-order valence-electron chi connectivity index (χ3n) is 2.15. The van der Waals surface area contributed by atoms with Gasteiger partial charge in [0.15, 0.2) is 5.78 Å². The molecule has 0 radical (unpaired) electrons. The van der Waals surface area contributed by atoms with Gasteiger partial charge in [-0.15, -0.1) is 11.3 Å². The lowest BCUT2D eigenvalue weighted by Gasteiger charge is -2.01. The Hall–Kier alpha value is -1.45. The van der Waals surface area contributed by atoms with Crippen LogP contribution in [-0.4, -0.2) is 12.4 Å². The Bertz CT molecular complexity index is 434. The minimum absolute atomic E-state index is 0.0251. The molecule has 2 nitrogen and oxygen atoms in total. The number of ether oxygens (including phenoxy) is 1. The van der Waals surface area contributed by atoms with E-state index in [1.165, 1.54) is 0 Å². The lowest BCUT2D eigenvalue weighted by atomic mass is 10.1. The molecular formula is C13H12O2S. The number of rotatable bonds is 5. The number of ketones is 1. The van der Waals surface area contributed by atoms with E-state index in [9.17, 15) is 4.79 Å². The summed E-state index contributed by atoms with van der Waals surface area (Å²) in [6, 6.07) is 13.2. The van der Waals surface area contributed by atoms with Crippen LogP contribution in [0.2, 0.25) is 0 Å². The van der Waals surface area contributed by atoms with Crippen LogP contribution in [-0.2, 0) is 11.3 Å². The van der Waals surface area contributed by atoms with E-state index in [1.54, 1.807) is 23.5 Å². The predicted octanol–water partition coefficient (Wildman–Crippen LogP) is 3.15. The van der Waals surface area contributed by atoms with Crippen LogP contribution in [0.4, 0.5) is 0 Å². The van der Waals surface area contributed by atoms with Crippen LogP contribution in [0.5, 0.6) is 0 Å². The summed E-state index contributed by atoms with van der Waals surface area (Å²) in [6.07, 6.45) is 0. The lowest BCUT2D eigenvalue weighted by Crippen LogP contribution is -2.08. The highest BCUT2D eigenvalue weighted by Crippen LogP contribution is 2.10. The zero-order valence-corrected chi connectivity index (χ0v) is 9.57. The summed E-state index contributed by atoms with van der Waals surface area (Å²) in [7, 11) is 0. The predicted molar refractivity (Wildman–Crippen MR) is 64.7 cm³/mol. The molecule has 0 fully saturated rings. The molecule has 0 amide bonds. The van der Waals surface area contributed by atoms with Gasteiger partial charge in [-0.3, -0.25) is 4.79 Å². The van der Waals surface area contributed by atoms with E-state index in [-0.39, 0.29) is 12.4 Å². The molecule has 1 heterocycles. The average Bonchev–Trinajstić information content (AvgIpc) is 2.83. The van der Waals surface area contributed by atoms with Crippen LogP contribution in [0.25, 0.3) is 0 Å². The molecule has 0 unspecified atom stereocenters. The quantitative estimate of drug-likeness (QED) is 0.740. The van der Waals surface area contributed by atoms with Gasteiger partial charge in [0.1, 0.15) is 6.61 Å². The maximum Gasteiger partial charge on any atom is 0.188 e. The molecule has 0 aliphatic heterocycles.